The molecule has 0 aliphatic carbocycles. The van der Waals surface area contributed by atoms with Gasteiger partial charge in [0.15, 0.2) is 9.84 Å². The molecule has 29 heavy (non-hydrogen) atoms. The summed E-state index contributed by atoms with van der Waals surface area (Å²) in [5, 5.41) is 3.04. The third-order valence-electron chi connectivity index (χ3n) is 5.52. The molecule has 1 saturated heterocycles. The third kappa shape index (κ3) is 5.58. The number of likely N-dealkylation sites (tertiary alicyclic amines) is 1. The Bertz CT molecular complexity index is 918. The number of carbonyl (C=O) groups excluding carboxylic acids is 1. The number of sulfone groups is 1. The Balaban J connectivity index is 1.72. The minimum Gasteiger partial charge on any atom is -0.497 e. The first-order valence-corrected chi connectivity index (χ1v) is 11.8. The highest BCUT2D eigenvalue weighted by Gasteiger charge is 2.26. The van der Waals surface area contributed by atoms with Gasteiger partial charge in [-0.3, -0.25) is 4.79 Å². The van der Waals surface area contributed by atoms with Gasteiger partial charge in [-0.25, -0.2) is 8.42 Å². The van der Waals surface area contributed by atoms with E-state index < -0.39 is 9.84 Å². The second-order valence-electron chi connectivity index (χ2n) is 7.55. The largest absolute Gasteiger partial charge is 0.497 e. The van der Waals surface area contributed by atoms with Crippen LogP contribution in [0.4, 0.5) is 0 Å². The highest BCUT2D eigenvalue weighted by molar-refractivity contribution is 7.90. The van der Waals surface area contributed by atoms with Crippen LogP contribution in [0.15, 0.2) is 53.4 Å². The van der Waals surface area contributed by atoms with Crippen LogP contribution in [0.1, 0.15) is 41.2 Å². The Hall–Kier alpha value is -2.38. The molecule has 0 spiro atoms. The summed E-state index contributed by atoms with van der Waals surface area (Å²) in [7, 11) is -1.62. The molecule has 1 aliphatic heterocycles. The lowest BCUT2D eigenvalue weighted by atomic mass is 10.0. The van der Waals surface area contributed by atoms with Crippen LogP contribution in [0.5, 0.6) is 5.75 Å². The van der Waals surface area contributed by atoms with E-state index in [0.29, 0.717) is 12.1 Å². The number of hydrogen-bond acceptors (Lipinski definition) is 4. The summed E-state index contributed by atoms with van der Waals surface area (Å²) < 4.78 is 28.5. The summed E-state index contributed by atoms with van der Waals surface area (Å²) in [5.74, 6) is 0.621. The molecule has 2 aromatic rings. The van der Waals surface area contributed by atoms with E-state index in [-0.39, 0.29) is 16.8 Å². The highest BCUT2D eigenvalue weighted by Crippen LogP contribution is 2.17. The number of carbonyl (C=O) groups is 1. The highest BCUT2D eigenvalue weighted by atomic mass is 32.2. The van der Waals surface area contributed by atoms with Crippen molar-refractivity contribution in [1.82, 2.24) is 5.32 Å². The number of amides is 1. The van der Waals surface area contributed by atoms with Crippen molar-refractivity contribution < 1.29 is 22.8 Å². The number of rotatable bonds is 7. The fourth-order valence-corrected chi connectivity index (χ4v) is 4.47. The molecule has 1 fully saturated rings. The molecule has 156 valence electrons. The zero-order valence-corrected chi connectivity index (χ0v) is 17.8. The topological polar surface area (TPSA) is 76.9 Å². The van der Waals surface area contributed by atoms with Crippen molar-refractivity contribution in [1.29, 1.82) is 0 Å². The molecule has 7 heteroatoms. The molecule has 3 rings (SSSR count). The maximum absolute atomic E-state index is 12.6. The molecule has 2 N–H and O–H groups in total. The number of piperidine rings is 1. The zero-order valence-electron chi connectivity index (χ0n) is 17.0. The first-order chi connectivity index (χ1) is 13.9. The van der Waals surface area contributed by atoms with Crippen LogP contribution in [0.3, 0.4) is 0 Å². The van der Waals surface area contributed by atoms with Gasteiger partial charge in [0.1, 0.15) is 11.8 Å². The molecule has 0 radical (unpaired) electrons. The van der Waals surface area contributed by atoms with Gasteiger partial charge in [-0.05, 0) is 67.8 Å². The van der Waals surface area contributed by atoms with Gasteiger partial charge >= 0.3 is 0 Å². The second-order valence-corrected chi connectivity index (χ2v) is 9.57. The van der Waals surface area contributed by atoms with Crippen LogP contribution < -0.4 is 15.0 Å². The fraction of sp³-hybridized carbons (Fsp3) is 0.409. The maximum atomic E-state index is 12.6. The van der Waals surface area contributed by atoms with Crippen molar-refractivity contribution in [3.05, 3.63) is 59.7 Å². The van der Waals surface area contributed by atoms with Crippen molar-refractivity contribution in [2.75, 3.05) is 33.0 Å². The fourth-order valence-electron chi connectivity index (χ4n) is 3.84. The number of hydrogen-bond donors (Lipinski definition) is 2. The van der Waals surface area contributed by atoms with Gasteiger partial charge in [0, 0.05) is 17.4 Å². The van der Waals surface area contributed by atoms with Crippen molar-refractivity contribution >= 4 is 15.7 Å². The van der Waals surface area contributed by atoms with Gasteiger partial charge in [0.25, 0.3) is 5.91 Å². The summed E-state index contributed by atoms with van der Waals surface area (Å²) in [5.41, 5.74) is 1.63. The molecule has 6 nitrogen and oxygen atoms in total. The predicted octanol–water partition coefficient (Wildman–Crippen LogP) is 1.64. The summed E-state index contributed by atoms with van der Waals surface area (Å²) >= 11 is 0. The summed E-state index contributed by atoms with van der Waals surface area (Å²) in [6.45, 7) is 2.71. The Labute approximate surface area is 172 Å². The van der Waals surface area contributed by atoms with Crippen molar-refractivity contribution in [3.8, 4) is 5.75 Å². The van der Waals surface area contributed by atoms with E-state index in [9.17, 15) is 13.2 Å². The second kappa shape index (κ2) is 9.41. The van der Waals surface area contributed by atoms with Crippen LogP contribution in [-0.2, 0) is 9.84 Å². The summed E-state index contributed by atoms with van der Waals surface area (Å²) in [6, 6.07) is 14.3. The quantitative estimate of drug-likeness (QED) is 0.718. The molecule has 2 aromatic carbocycles. The minimum atomic E-state index is -3.27. The first kappa shape index (κ1) is 21.3. The Morgan fingerprint density at radius 3 is 2.21 bits per heavy atom. The molecule has 0 unspecified atom stereocenters. The van der Waals surface area contributed by atoms with Gasteiger partial charge in [-0.2, -0.15) is 0 Å². The first-order valence-electron chi connectivity index (χ1n) is 9.95. The van der Waals surface area contributed by atoms with Gasteiger partial charge in [0.2, 0.25) is 0 Å². The average molecular weight is 418 g/mol. The molecule has 1 aliphatic rings. The number of methoxy groups -OCH3 is 1. The van der Waals surface area contributed by atoms with Gasteiger partial charge in [-0.1, -0.05) is 0 Å². The van der Waals surface area contributed by atoms with Gasteiger partial charge in [0.05, 0.1) is 31.6 Å². The molecule has 1 amide bonds. The van der Waals surface area contributed by atoms with Crippen LogP contribution >= 0.6 is 0 Å². The lowest BCUT2D eigenvalue weighted by molar-refractivity contribution is -0.935. The third-order valence-corrected chi connectivity index (χ3v) is 6.65. The molecular formula is C22H29N2O4S+. The van der Waals surface area contributed by atoms with Crippen LogP contribution in [-0.4, -0.2) is 47.3 Å². The van der Waals surface area contributed by atoms with Crippen molar-refractivity contribution in [2.45, 2.75) is 30.2 Å². The minimum absolute atomic E-state index is 0.167. The van der Waals surface area contributed by atoms with Crippen molar-refractivity contribution in [3.63, 3.8) is 0 Å². The summed E-state index contributed by atoms with van der Waals surface area (Å²) in [4.78, 5) is 14.3. The molecule has 1 atom stereocenters. The van der Waals surface area contributed by atoms with Crippen LogP contribution in [0, 0.1) is 0 Å². The predicted molar refractivity (Wildman–Crippen MR) is 112 cm³/mol. The molecule has 0 bridgehead atoms. The number of benzene rings is 2. The monoisotopic (exact) mass is 417 g/mol. The Morgan fingerprint density at radius 2 is 1.66 bits per heavy atom. The number of nitrogens with one attached hydrogen (secondary N) is 2. The van der Waals surface area contributed by atoms with Gasteiger partial charge in [-0.15, -0.1) is 0 Å². The van der Waals surface area contributed by atoms with E-state index in [4.69, 9.17) is 4.74 Å². The number of quaternary nitrogens is 1. The van der Waals surface area contributed by atoms with E-state index in [2.05, 4.69) is 17.4 Å². The van der Waals surface area contributed by atoms with Crippen molar-refractivity contribution in [2.24, 2.45) is 0 Å². The standard InChI is InChI=1S/C22H28N2O4S/c1-28-19-10-6-17(7-11-19)21(24-14-4-3-5-15-24)16-23-22(25)18-8-12-20(13-9-18)29(2,26)27/h6-13,21H,3-5,14-16H2,1-2H3,(H,23,25)/p+1/t21-/m1/s1. The van der Waals surface area contributed by atoms with E-state index in [1.54, 1.807) is 19.2 Å². The van der Waals surface area contributed by atoms with E-state index >= 15 is 0 Å². The molecule has 0 saturated carbocycles. The lowest BCUT2D eigenvalue weighted by Gasteiger charge is -2.32. The SMILES string of the molecule is COc1ccc([C@@H](CNC(=O)c2ccc(S(C)(=O)=O)cc2)[NH+]2CCCCC2)cc1. The van der Waals surface area contributed by atoms with E-state index in [0.717, 1.165) is 25.1 Å². The maximum Gasteiger partial charge on any atom is 0.251 e. The molecule has 1 heterocycles. The average Bonchev–Trinajstić information content (AvgIpc) is 2.74. The van der Waals surface area contributed by atoms with E-state index in [1.807, 2.05) is 12.1 Å². The molecular weight excluding hydrogens is 388 g/mol. The summed E-state index contributed by atoms with van der Waals surface area (Å²) in [6.07, 6.45) is 4.81. The lowest BCUT2D eigenvalue weighted by Crippen LogP contribution is -3.13. The van der Waals surface area contributed by atoms with Gasteiger partial charge < -0.3 is 15.0 Å². The smallest absolute Gasteiger partial charge is 0.251 e. The zero-order chi connectivity index (χ0) is 20.9. The molecule has 0 aromatic heterocycles. The van der Waals surface area contributed by atoms with Crippen LogP contribution in [0.25, 0.3) is 0 Å². The Kier molecular flexibility index (Phi) is 6.92. The normalized spacial score (nSPS) is 16.2. The van der Waals surface area contributed by atoms with Crippen LogP contribution in [0.2, 0.25) is 0 Å². The van der Waals surface area contributed by atoms with E-state index in [1.165, 1.54) is 41.9 Å². The number of ether oxygens (including phenoxy) is 1. The Morgan fingerprint density at radius 1 is 1.03 bits per heavy atom.